The van der Waals surface area contributed by atoms with E-state index in [-0.39, 0.29) is 17.8 Å². The minimum atomic E-state index is -0.812. The van der Waals surface area contributed by atoms with Crippen molar-refractivity contribution in [2.24, 2.45) is 23.2 Å². The van der Waals surface area contributed by atoms with Gasteiger partial charge in [-0.25, -0.2) is 4.79 Å². The van der Waals surface area contributed by atoms with Crippen LogP contribution in [0.25, 0.3) is 0 Å². The van der Waals surface area contributed by atoms with Crippen molar-refractivity contribution in [1.29, 1.82) is 0 Å². The Balaban J connectivity index is 1.23. The summed E-state index contributed by atoms with van der Waals surface area (Å²) in [6.45, 7) is 5.14. The molecule has 1 saturated heterocycles. The van der Waals surface area contributed by atoms with Crippen LogP contribution < -0.4 is 10.6 Å². The number of hydrogen-bond acceptors (Lipinski definition) is 4. The van der Waals surface area contributed by atoms with Crippen molar-refractivity contribution in [3.8, 4) is 0 Å². The minimum absolute atomic E-state index is 0.160. The molecule has 1 heterocycles. The minimum Gasteiger partial charge on any atom is -0.465 e. The Kier molecular flexibility index (Phi) is 4.12. The van der Waals surface area contributed by atoms with E-state index in [4.69, 9.17) is 4.74 Å². The molecule has 2 atom stereocenters. The third-order valence-corrected chi connectivity index (χ3v) is 7.40. The van der Waals surface area contributed by atoms with E-state index in [1.165, 1.54) is 12.0 Å². The number of nitrogens with one attached hydrogen (secondary N) is 2. The van der Waals surface area contributed by atoms with Crippen molar-refractivity contribution in [2.45, 2.75) is 64.3 Å². The Morgan fingerprint density at radius 2 is 2.00 bits per heavy atom. The maximum Gasteiger partial charge on any atom is 0.322 e. The van der Waals surface area contributed by atoms with Gasteiger partial charge in [0.1, 0.15) is 5.54 Å². The summed E-state index contributed by atoms with van der Waals surface area (Å²) in [5, 5.41) is 5.02. The van der Waals surface area contributed by atoms with E-state index in [0.717, 1.165) is 18.8 Å². The van der Waals surface area contributed by atoms with Crippen LogP contribution in [0.15, 0.2) is 11.6 Å². The third kappa shape index (κ3) is 2.74. The molecule has 5 rings (SSSR count). The number of ether oxygens (including phenoxy) is 1. The molecule has 142 valence electrons. The number of carbonyl (C=O) groups is 3. The van der Waals surface area contributed by atoms with Crippen LogP contribution in [0, 0.1) is 23.2 Å². The Morgan fingerprint density at radius 3 is 2.58 bits per heavy atom. The molecule has 0 aromatic rings. The van der Waals surface area contributed by atoms with Crippen molar-refractivity contribution in [3.05, 3.63) is 11.6 Å². The summed E-state index contributed by atoms with van der Waals surface area (Å²) < 4.78 is 5.55. The van der Waals surface area contributed by atoms with Gasteiger partial charge >= 0.3 is 12.0 Å². The van der Waals surface area contributed by atoms with Crippen LogP contribution in [-0.4, -0.2) is 30.1 Å². The number of esters is 1. The molecule has 5 aliphatic rings. The van der Waals surface area contributed by atoms with Crippen LogP contribution >= 0.6 is 0 Å². The lowest BCUT2D eigenvalue weighted by atomic mass is 9.48. The second-order valence-electron chi connectivity index (χ2n) is 9.00. The Labute approximate surface area is 154 Å². The summed E-state index contributed by atoms with van der Waals surface area (Å²) >= 11 is 0. The first-order valence-electron chi connectivity index (χ1n) is 9.81. The number of allylic oxidation sites excluding steroid dienone is 1. The van der Waals surface area contributed by atoms with Crippen LogP contribution in [-0.2, 0) is 14.3 Å². The molecule has 3 amide bonds. The van der Waals surface area contributed by atoms with Crippen molar-refractivity contribution >= 4 is 17.9 Å². The van der Waals surface area contributed by atoms with Crippen LogP contribution in [0.2, 0.25) is 0 Å². The Hall–Kier alpha value is -1.85. The molecule has 0 aromatic carbocycles. The number of fused-ring (bicyclic) bond motifs is 1. The van der Waals surface area contributed by atoms with Crippen molar-refractivity contribution in [1.82, 2.24) is 10.6 Å². The predicted octanol–water partition coefficient (Wildman–Crippen LogP) is 2.68. The first kappa shape index (κ1) is 17.6. The molecule has 0 radical (unpaired) electrons. The average molecular weight is 360 g/mol. The van der Waals surface area contributed by atoms with E-state index in [9.17, 15) is 14.4 Å². The zero-order chi connectivity index (χ0) is 18.5. The van der Waals surface area contributed by atoms with Gasteiger partial charge in [0, 0.05) is 6.42 Å². The molecule has 4 aliphatic carbocycles. The fraction of sp³-hybridized carbons (Fsp3) is 0.750. The van der Waals surface area contributed by atoms with Crippen LogP contribution in [0.3, 0.4) is 0 Å². The topological polar surface area (TPSA) is 84.5 Å². The molecule has 6 nitrogen and oxygen atoms in total. The Morgan fingerprint density at radius 1 is 1.27 bits per heavy atom. The monoisotopic (exact) mass is 360 g/mol. The van der Waals surface area contributed by atoms with E-state index in [1.54, 1.807) is 0 Å². The summed E-state index contributed by atoms with van der Waals surface area (Å²) in [5.41, 5.74) is 1.05. The van der Waals surface area contributed by atoms with Gasteiger partial charge in [0.05, 0.1) is 12.5 Å². The summed E-state index contributed by atoms with van der Waals surface area (Å²) in [6.07, 6.45) is 7.77. The quantitative estimate of drug-likeness (QED) is 0.459. The molecular weight excluding hydrogens is 332 g/mol. The zero-order valence-electron chi connectivity index (χ0n) is 15.6. The second-order valence-corrected chi connectivity index (χ2v) is 9.00. The van der Waals surface area contributed by atoms with Gasteiger partial charge in [0.25, 0.3) is 5.91 Å². The highest BCUT2D eigenvalue weighted by Gasteiger charge is 2.51. The van der Waals surface area contributed by atoms with E-state index in [2.05, 4.69) is 30.6 Å². The fourth-order valence-electron chi connectivity index (χ4n) is 5.37. The number of imide groups is 1. The summed E-state index contributed by atoms with van der Waals surface area (Å²) in [5.74, 6) is 0.878. The molecule has 1 aliphatic heterocycles. The number of urea groups is 1. The van der Waals surface area contributed by atoms with Crippen molar-refractivity contribution in [3.63, 3.8) is 0 Å². The van der Waals surface area contributed by atoms with Gasteiger partial charge < -0.3 is 10.1 Å². The smallest absolute Gasteiger partial charge is 0.322 e. The lowest BCUT2D eigenvalue weighted by molar-refractivity contribution is -0.150. The SMILES string of the molecule is CC1(C)[C@H]2CC=C(CCOC(=O)C3CCC4(CC3)NC(=O)NC4=O)[C@H]1C2. The maximum atomic E-state index is 12.4. The first-order valence-corrected chi connectivity index (χ1v) is 9.81. The van der Waals surface area contributed by atoms with Crippen molar-refractivity contribution < 1.29 is 19.1 Å². The first-order chi connectivity index (χ1) is 12.3. The molecule has 26 heavy (non-hydrogen) atoms. The molecule has 6 heteroatoms. The van der Waals surface area contributed by atoms with E-state index in [1.807, 2.05) is 0 Å². The van der Waals surface area contributed by atoms with Gasteiger partial charge in [0.15, 0.2) is 0 Å². The lowest BCUT2D eigenvalue weighted by Crippen LogP contribution is -2.50. The van der Waals surface area contributed by atoms with Gasteiger partial charge in [-0.3, -0.25) is 14.9 Å². The van der Waals surface area contributed by atoms with Crippen LogP contribution in [0.5, 0.6) is 0 Å². The predicted molar refractivity (Wildman–Crippen MR) is 95.0 cm³/mol. The number of amides is 3. The molecule has 1 spiro atoms. The number of hydrogen-bond donors (Lipinski definition) is 2. The van der Waals surface area contributed by atoms with Gasteiger partial charge in [-0.05, 0) is 55.8 Å². The van der Waals surface area contributed by atoms with Crippen LogP contribution in [0.1, 0.15) is 58.8 Å². The van der Waals surface area contributed by atoms with Gasteiger partial charge in [-0.1, -0.05) is 25.5 Å². The maximum absolute atomic E-state index is 12.4. The second kappa shape index (κ2) is 6.10. The van der Waals surface area contributed by atoms with Gasteiger partial charge in [-0.15, -0.1) is 0 Å². The fourth-order valence-corrected chi connectivity index (χ4v) is 5.37. The summed E-state index contributed by atoms with van der Waals surface area (Å²) in [6, 6.07) is -0.432. The number of rotatable bonds is 4. The highest BCUT2D eigenvalue weighted by atomic mass is 16.5. The highest BCUT2D eigenvalue weighted by Crippen LogP contribution is 2.59. The normalized spacial score (nSPS) is 31.7. The molecule has 0 aromatic heterocycles. The molecule has 2 bridgehead atoms. The largest absolute Gasteiger partial charge is 0.465 e. The molecule has 0 unspecified atom stereocenters. The molecule has 3 fully saturated rings. The Bertz CT molecular complexity index is 673. The zero-order valence-corrected chi connectivity index (χ0v) is 15.6. The molecular formula is C20H28N2O4. The number of carbonyl (C=O) groups excluding carboxylic acids is 3. The standard InChI is InChI=1S/C20H28N2O4/c1-19(2)14-4-3-12(15(19)11-14)7-10-26-16(23)13-5-8-20(9-6-13)17(24)21-18(25)22-20/h3,13-15H,4-11H2,1-2H3,(H2,21,22,24,25)/t13?,14-,15+,20?/m0/s1. The third-order valence-electron chi connectivity index (χ3n) is 7.40. The van der Waals surface area contributed by atoms with Gasteiger partial charge in [0.2, 0.25) is 0 Å². The average Bonchev–Trinajstić information content (AvgIpc) is 2.88. The van der Waals surface area contributed by atoms with Gasteiger partial charge in [-0.2, -0.15) is 0 Å². The van der Waals surface area contributed by atoms with E-state index >= 15 is 0 Å². The van der Waals surface area contributed by atoms with Crippen LogP contribution in [0.4, 0.5) is 4.79 Å². The van der Waals surface area contributed by atoms with E-state index < -0.39 is 11.6 Å². The van der Waals surface area contributed by atoms with E-state index in [0.29, 0.717) is 43.6 Å². The summed E-state index contributed by atoms with van der Waals surface area (Å²) in [4.78, 5) is 35.7. The molecule has 2 N–H and O–H groups in total. The molecule has 2 saturated carbocycles. The summed E-state index contributed by atoms with van der Waals surface area (Å²) in [7, 11) is 0. The highest BCUT2D eigenvalue weighted by molar-refractivity contribution is 6.07. The lowest BCUT2D eigenvalue weighted by Gasteiger charge is -2.56. The van der Waals surface area contributed by atoms with Crippen molar-refractivity contribution in [2.75, 3.05) is 6.61 Å².